The van der Waals surface area contributed by atoms with Crippen molar-refractivity contribution in [2.75, 3.05) is 5.75 Å². The third-order valence-electron chi connectivity index (χ3n) is 5.30. The van der Waals surface area contributed by atoms with Gasteiger partial charge in [0.05, 0.1) is 6.42 Å². The lowest BCUT2D eigenvalue weighted by Gasteiger charge is -2.48. The molecular weight excluding hydrogens is 256 g/mol. The maximum Gasteiger partial charge on any atom is 0.307 e. The summed E-state index contributed by atoms with van der Waals surface area (Å²) in [7, 11) is 0. The van der Waals surface area contributed by atoms with Crippen molar-refractivity contribution in [3.63, 3.8) is 0 Å². The average Bonchev–Trinajstić information content (AvgIpc) is 2.38. The molecule has 110 valence electrons. The first kappa shape index (κ1) is 15.2. The third-order valence-corrected chi connectivity index (χ3v) is 5.52. The van der Waals surface area contributed by atoms with E-state index in [0.29, 0.717) is 18.1 Å². The number of thiol groups is 1. The van der Waals surface area contributed by atoms with E-state index in [1.165, 1.54) is 32.1 Å². The fourth-order valence-electron chi connectivity index (χ4n) is 4.01. The Morgan fingerprint density at radius 3 is 2.58 bits per heavy atom. The predicted molar refractivity (Wildman–Crippen MR) is 81.4 cm³/mol. The molecule has 0 aliphatic heterocycles. The number of carbonyl (C=O) groups is 1. The Bertz CT molecular complexity index is 316. The lowest BCUT2D eigenvalue weighted by Crippen LogP contribution is -2.47. The van der Waals surface area contributed by atoms with Crippen LogP contribution in [0, 0.1) is 17.8 Å². The van der Waals surface area contributed by atoms with Crippen molar-refractivity contribution in [2.24, 2.45) is 17.8 Å². The minimum absolute atomic E-state index is 0.0574. The molecule has 0 N–H and O–H groups in total. The SMILES string of the molecule is CC(C)C1(OC(=O)CCS)CCC2CCCCC2C1. The zero-order valence-electron chi connectivity index (χ0n) is 12.4. The summed E-state index contributed by atoms with van der Waals surface area (Å²) in [5, 5.41) is 0. The number of fused-ring (bicyclic) bond motifs is 1. The molecule has 0 bridgehead atoms. The summed E-state index contributed by atoms with van der Waals surface area (Å²) >= 11 is 4.13. The summed E-state index contributed by atoms with van der Waals surface area (Å²) in [6, 6.07) is 0. The molecular formula is C16H28O2S. The molecule has 0 heterocycles. The molecule has 2 saturated carbocycles. The van der Waals surface area contributed by atoms with E-state index in [1.54, 1.807) is 0 Å². The number of ether oxygens (including phenoxy) is 1. The van der Waals surface area contributed by atoms with Crippen molar-refractivity contribution >= 4 is 18.6 Å². The molecule has 0 aromatic carbocycles. The summed E-state index contributed by atoms with van der Waals surface area (Å²) in [5.41, 5.74) is -0.196. The number of carbonyl (C=O) groups excluding carboxylic acids is 1. The van der Waals surface area contributed by atoms with Crippen LogP contribution in [-0.2, 0) is 9.53 Å². The number of hydrogen-bond acceptors (Lipinski definition) is 3. The van der Waals surface area contributed by atoms with Crippen LogP contribution < -0.4 is 0 Å². The van der Waals surface area contributed by atoms with Crippen LogP contribution in [0.5, 0.6) is 0 Å². The van der Waals surface area contributed by atoms with Crippen molar-refractivity contribution in [2.45, 2.75) is 70.8 Å². The molecule has 0 amide bonds. The summed E-state index contributed by atoms with van der Waals surface area (Å²) < 4.78 is 5.94. The van der Waals surface area contributed by atoms with Crippen LogP contribution in [-0.4, -0.2) is 17.3 Å². The Labute approximate surface area is 123 Å². The van der Waals surface area contributed by atoms with E-state index < -0.39 is 0 Å². The molecule has 3 unspecified atom stereocenters. The highest BCUT2D eigenvalue weighted by Crippen LogP contribution is 2.48. The lowest BCUT2D eigenvalue weighted by molar-refractivity contribution is -0.175. The van der Waals surface area contributed by atoms with Crippen molar-refractivity contribution in [1.82, 2.24) is 0 Å². The highest BCUT2D eigenvalue weighted by atomic mass is 32.1. The zero-order valence-corrected chi connectivity index (χ0v) is 13.3. The molecule has 2 fully saturated rings. The fourth-order valence-corrected chi connectivity index (χ4v) is 4.20. The van der Waals surface area contributed by atoms with Gasteiger partial charge in [-0.1, -0.05) is 39.5 Å². The van der Waals surface area contributed by atoms with E-state index in [9.17, 15) is 4.79 Å². The second-order valence-corrected chi connectivity index (χ2v) is 7.16. The van der Waals surface area contributed by atoms with Gasteiger partial charge in [0.1, 0.15) is 5.60 Å². The number of esters is 1. The van der Waals surface area contributed by atoms with Gasteiger partial charge >= 0.3 is 5.97 Å². The molecule has 0 saturated heterocycles. The highest BCUT2D eigenvalue weighted by Gasteiger charge is 2.45. The lowest BCUT2D eigenvalue weighted by atomic mass is 9.63. The van der Waals surface area contributed by atoms with Gasteiger partial charge in [0.25, 0.3) is 0 Å². The predicted octanol–water partition coefficient (Wildman–Crippen LogP) is 4.23. The van der Waals surface area contributed by atoms with Crippen LogP contribution in [0.2, 0.25) is 0 Å². The fraction of sp³-hybridized carbons (Fsp3) is 0.938. The van der Waals surface area contributed by atoms with Gasteiger partial charge in [-0.05, 0) is 37.0 Å². The molecule has 2 nitrogen and oxygen atoms in total. The topological polar surface area (TPSA) is 26.3 Å². The first-order valence-electron chi connectivity index (χ1n) is 7.90. The van der Waals surface area contributed by atoms with Crippen molar-refractivity contribution < 1.29 is 9.53 Å². The molecule has 0 aromatic heterocycles. The smallest absolute Gasteiger partial charge is 0.307 e. The van der Waals surface area contributed by atoms with Crippen LogP contribution in [0.1, 0.15) is 65.2 Å². The molecule has 2 aliphatic rings. The normalized spacial score (nSPS) is 34.9. The van der Waals surface area contributed by atoms with Crippen molar-refractivity contribution in [3.05, 3.63) is 0 Å². The van der Waals surface area contributed by atoms with E-state index in [2.05, 4.69) is 26.5 Å². The van der Waals surface area contributed by atoms with Crippen LogP contribution in [0.4, 0.5) is 0 Å². The molecule has 3 atom stereocenters. The Morgan fingerprint density at radius 1 is 1.26 bits per heavy atom. The third kappa shape index (κ3) is 3.48. The van der Waals surface area contributed by atoms with Crippen molar-refractivity contribution in [1.29, 1.82) is 0 Å². The first-order chi connectivity index (χ1) is 9.07. The molecule has 0 aromatic rings. The summed E-state index contributed by atoms with van der Waals surface area (Å²) in [6.45, 7) is 4.41. The standard InChI is InChI=1S/C16H28O2S/c1-12(2)16(18-15(17)8-10-19)9-7-13-5-3-4-6-14(13)11-16/h12-14,19H,3-11H2,1-2H3. The summed E-state index contributed by atoms with van der Waals surface area (Å²) in [4.78, 5) is 11.9. The van der Waals surface area contributed by atoms with Gasteiger partial charge in [0, 0.05) is 5.75 Å². The minimum atomic E-state index is -0.196. The Balaban J connectivity index is 2.05. The highest BCUT2D eigenvalue weighted by molar-refractivity contribution is 7.80. The van der Waals surface area contributed by atoms with Gasteiger partial charge < -0.3 is 4.74 Å². The maximum atomic E-state index is 11.9. The van der Waals surface area contributed by atoms with E-state index in [4.69, 9.17) is 4.74 Å². The quantitative estimate of drug-likeness (QED) is 0.617. The van der Waals surface area contributed by atoms with Crippen molar-refractivity contribution in [3.8, 4) is 0 Å². The van der Waals surface area contributed by atoms with Gasteiger partial charge in [0.2, 0.25) is 0 Å². The summed E-state index contributed by atoms with van der Waals surface area (Å²) in [6.07, 6.45) is 9.32. The monoisotopic (exact) mass is 284 g/mol. The van der Waals surface area contributed by atoms with E-state index in [-0.39, 0.29) is 11.6 Å². The van der Waals surface area contributed by atoms with Gasteiger partial charge in [-0.2, -0.15) is 12.6 Å². The molecule has 0 spiro atoms. The van der Waals surface area contributed by atoms with Crippen LogP contribution >= 0.6 is 12.6 Å². The van der Waals surface area contributed by atoms with Crippen LogP contribution in [0.3, 0.4) is 0 Å². The van der Waals surface area contributed by atoms with E-state index in [1.807, 2.05) is 0 Å². The van der Waals surface area contributed by atoms with Gasteiger partial charge in [-0.3, -0.25) is 4.79 Å². The second kappa shape index (κ2) is 6.51. The van der Waals surface area contributed by atoms with Gasteiger partial charge in [-0.25, -0.2) is 0 Å². The molecule has 2 aliphatic carbocycles. The number of rotatable bonds is 4. The largest absolute Gasteiger partial charge is 0.459 e. The van der Waals surface area contributed by atoms with Gasteiger partial charge in [-0.15, -0.1) is 0 Å². The molecule has 2 rings (SSSR count). The minimum Gasteiger partial charge on any atom is -0.459 e. The average molecular weight is 284 g/mol. The summed E-state index contributed by atoms with van der Waals surface area (Å²) in [5.74, 6) is 2.62. The Kier molecular flexibility index (Phi) is 5.22. The molecule has 19 heavy (non-hydrogen) atoms. The van der Waals surface area contributed by atoms with Gasteiger partial charge in [0.15, 0.2) is 0 Å². The maximum absolute atomic E-state index is 11.9. The van der Waals surface area contributed by atoms with Crippen LogP contribution in [0.15, 0.2) is 0 Å². The van der Waals surface area contributed by atoms with E-state index >= 15 is 0 Å². The van der Waals surface area contributed by atoms with E-state index in [0.717, 1.165) is 24.7 Å². The zero-order chi connectivity index (χ0) is 13.9. The van der Waals surface area contributed by atoms with Crippen LogP contribution in [0.25, 0.3) is 0 Å². The second-order valence-electron chi connectivity index (χ2n) is 6.71. The first-order valence-corrected chi connectivity index (χ1v) is 8.53. The Morgan fingerprint density at radius 2 is 1.95 bits per heavy atom. The molecule has 3 heteroatoms. The number of hydrogen-bond donors (Lipinski definition) is 1. The molecule has 0 radical (unpaired) electrons. The Hall–Kier alpha value is -0.180.